The molecule has 7 nitrogen and oxygen atoms in total. The summed E-state index contributed by atoms with van der Waals surface area (Å²) < 4.78 is 6.77. The number of methoxy groups -OCH3 is 1. The van der Waals surface area contributed by atoms with Crippen LogP contribution in [-0.4, -0.2) is 58.5 Å². The Bertz CT molecular complexity index is 1170. The topological polar surface area (TPSA) is 67.7 Å². The smallest absolute Gasteiger partial charge is 0.261 e. The molecule has 0 aliphatic carbocycles. The van der Waals surface area contributed by atoms with Gasteiger partial charge in [0.2, 0.25) is 0 Å². The van der Waals surface area contributed by atoms with Crippen LogP contribution in [0, 0.1) is 0 Å². The fourth-order valence-electron chi connectivity index (χ4n) is 4.03. The van der Waals surface area contributed by atoms with Gasteiger partial charge in [0.05, 0.1) is 24.1 Å². The van der Waals surface area contributed by atoms with Gasteiger partial charge >= 0.3 is 0 Å². The maximum Gasteiger partial charge on any atom is 0.261 e. The number of fused-ring (bicyclic) bond motifs is 1. The quantitative estimate of drug-likeness (QED) is 0.623. The number of rotatable bonds is 4. The fraction of sp³-hybridized carbons (Fsp3) is 0.348. The van der Waals surface area contributed by atoms with Gasteiger partial charge in [-0.3, -0.25) is 19.1 Å². The van der Waals surface area contributed by atoms with Crippen LogP contribution < -0.4 is 10.3 Å². The number of aromatic nitrogens is 2. The van der Waals surface area contributed by atoms with Crippen molar-refractivity contribution >= 4 is 28.4 Å². The number of nitrogens with zero attached hydrogens (tertiary/aromatic N) is 4. The van der Waals surface area contributed by atoms with Gasteiger partial charge in [0.1, 0.15) is 11.6 Å². The van der Waals surface area contributed by atoms with Crippen LogP contribution in [0.5, 0.6) is 5.75 Å². The highest BCUT2D eigenvalue weighted by atomic mass is 35.5. The molecule has 1 aliphatic rings. The molecule has 0 radical (unpaired) electrons. The van der Waals surface area contributed by atoms with Gasteiger partial charge in [-0.25, -0.2) is 4.98 Å². The van der Waals surface area contributed by atoms with Crippen molar-refractivity contribution in [2.45, 2.75) is 13.0 Å². The van der Waals surface area contributed by atoms with Crippen molar-refractivity contribution in [3.05, 3.63) is 69.2 Å². The molecule has 1 aliphatic heterocycles. The van der Waals surface area contributed by atoms with Crippen LogP contribution in [0.15, 0.2) is 47.3 Å². The van der Waals surface area contributed by atoms with E-state index >= 15 is 0 Å². The molecule has 31 heavy (non-hydrogen) atoms. The Balaban J connectivity index is 1.49. The largest absolute Gasteiger partial charge is 0.497 e. The van der Waals surface area contributed by atoms with Gasteiger partial charge in [-0.1, -0.05) is 11.6 Å². The molecule has 0 N–H and O–H groups in total. The SMILES string of the molecule is COc1ccc(C(=O)N2CCN(C(C)c3nc4cc(Cl)ccc4c(=O)n3C)CC2)cc1. The van der Waals surface area contributed by atoms with Gasteiger partial charge in [-0.2, -0.15) is 0 Å². The van der Waals surface area contributed by atoms with Crippen molar-refractivity contribution in [3.8, 4) is 5.75 Å². The van der Waals surface area contributed by atoms with E-state index in [0.717, 1.165) is 5.75 Å². The average Bonchev–Trinajstić information content (AvgIpc) is 2.80. The van der Waals surface area contributed by atoms with E-state index in [4.69, 9.17) is 21.3 Å². The first-order valence-corrected chi connectivity index (χ1v) is 10.6. The molecule has 0 saturated carbocycles. The third-order valence-electron chi connectivity index (χ3n) is 5.93. The first-order valence-electron chi connectivity index (χ1n) is 10.2. The molecule has 2 heterocycles. The maximum atomic E-state index is 12.8. The Labute approximate surface area is 185 Å². The third-order valence-corrected chi connectivity index (χ3v) is 6.17. The van der Waals surface area contributed by atoms with Gasteiger partial charge in [-0.05, 0) is 49.4 Å². The molecular weight excluding hydrogens is 416 g/mol. The van der Waals surface area contributed by atoms with E-state index in [1.165, 1.54) is 0 Å². The maximum absolute atomic E-state index is 12.8. The Hall–Kier alpha value is -2.90. The summed E-state index contributed by atoms with van der Waals surface area (Å²) >= 11 is 6.10. The Morgan fingerprint density at radius 2 is 1.77 bits per heavy atom. The molecule has 1 saturated heterocycles. The van der Waals surface area contributed by atoms with Gasteiger partial charge in [-0.15, -0.1) is 0 Å². The van der Waals surface area contributed by atoms with Crippen LogP contribution in [0.25, 0.3) is 10.9 Å². The second-order valence-electron chi connectivity index (χ2n) is 7.73. The lowest BCUT2D eigenvalue weighted by atomic mass is 10.1. The highest BCUT2D eigenvalue weighted by Crippen LogP contribution is 2.23. The zero-order valence-electron chi connectivity index (χ0n) is 17.8. The number of halogens is 1. The van der Waals surface area contributed by atoms with Crippen molar-refractivity contribution in [1.82, 2.24) is 19.4 Å². The molecule has 1 unspecified atom stereocenters. The summed E-state index contributed by atoms with van der Waals surface area (Å²) in [6, 6.07) is 12.2. The van der Waals surface area contributed by atoms with E-state index in [1.54, 1.807) is 61.2 Å². The minimum atomic E-state index is -0.0863. The summed E-state index contributed by atoms with van der Waals surface area (Å²) in [6.07, 6.45) is 0. The van der Waals surface area contributed by atoms with E-state index < -0.39 is 0 Å². The zero-order chi connectivity index (χ0) is 22.1. The molecule has 4 rings (SSSR count). The number of carbonyl (C=O) groups is 1. The summed E-state index contributed by atoms with van der Waals surface area (Å²) in [6.45, 7) is 4.67. The molecule has 1 fully saturated rings. The summed E-state index contributed by atoms with van der Waals surface area (Å²) in [5, 5.41) is 1.11. The van der Waals surface area contributed by atoms with Gasteiger partial charge in [0.15, 0.2) is 0 Å². The highest BCUT2D eigenvalue weighted by Gasteiger charge is 2.27. The third kappa shape index (κ3) is 4.16. The molecular formula is C23H25ClN4O3. The second kappa shape index (κ2) is 8.69. The molecule has 1 atom stereocenters. The summed E-state index contributed by atoms with van der Waals surface area (Å²) in [5.41, 5.74) is 1.17. The summed E-state index contributed by atoms with van der Waals surface area (Å²) in [7, 11) is 3.35. The molecule has 2 aromatic carbocycles. The standard InChI is InChI=1S/C23H25ClN4O3/c1-15(21-25-20-14-17(24)6-9-19(20)23(30)26(21)2)27-10-12-28(13-11-27)22(29)16-4-7-18(31-3)8-5-16/h4-9,14-15H,10-13H2,1-3H3. The normalized spacial score (nSPS) is 15.8. The van der Waals surface area contributed by atoms with E-state index in [-0.39, 0.29) is 17.5 Å². The fourth-order valence-corrected chi connectivity index (χ4v) is 4.19. The number of amides is 1. The Morgan fingerprint density at radius 1 is 1.10 bits per heavy atom. The van der Waals surface area contributed by atoms with Gasteiger partial charge in [0.25, 0.3) is 11.5 Å². The van der Waals surface area contributed by atoms with Crippen LogP contribution >= 0.6 is 11.6 Å². The Morgan fingerprint density at radius 3 is 2.42 bits per heavy atom. The van der Waals surface area contributed by atoms with Gasteiger partial charge in [0, 0.05) is 43.8 Å². The lowest BCUT2D eigenvalue weighted by Gasteiger charge is -2.38. The van der Waals surface area contributed by atoms with Crippen LogP contribution in [0.1, 0.15) is 29.1 Å². The van der Waals surface area contributed by atoms with Crippen LogP contribution in [0.2, 0.25) is 5.02 Å². The molecule has 0 bridgehead atoms. The predicted octanol–water partition coefficient (Wildman–Crippen LogP) is 3.11. The minimum absolute atomic E-state index is 0.0147. The van der Waals surface area contributed by atoms with Crippen LogP contribution in [-0.2, 0) is 7.05 Å². The predicted molar refractivity (Wildman–Crippen MR) is 121 cm³/mol. The van der Waals surface area contributed by atoms with Crippen molar-refractivity contribution in [2.24, 2.45) is 7.05 Å². The number of carbonyl (C=O) groups excluding carboxylic acids is 1. The van der Waals surface area contributed by atoms with Crippen molar-refractivity contribution in [2.75, 3.05) is 33.3 Å². The van der Waals surface area contributed by atoms with Crippen molar-refractivity contribution < 1.29 is 9.53 Å². The summed E-state index contributed by atoms with van der Waals surface area (Å²) in [5.74, 6) is 1.43. The van der Waals surface area contributed by atoms with Crippen molar-refractivity contribution in [3.63, 3.8) is 0 Å². The lowest BCUT2D eigenvalue weighted by Crippen LogP contribution is -2.49. The van der Waals surface area contributed by atoms with Crippen molar-refractivity contribution in [1.29, 1.82) is 0 Å². The first-order chi connectivity index (χ1) is 14.9. The first kappa shape index (κ1) is 21.3. The highest BCUT2D eigenvalue weighted by molar-refractivity contribution is 6.31. The zero-order valence-corrected chi connectivity index (χ0v) is 18.6. The minimum Gasteiger partial charge on any atom is -0.497 e. The van der Waals surface area contributed by atoms with E-state index in [2.05, 4.69) is 4.90 Å². The molecule has 162 valence electrons. The number of hydrogen-bond donors (Lipinski definition) is 0. The number of piperazine rings is 1. The number of ether oxygens (including phenoxy) is 1. The van der Waals surface area contributed by atoms with Crippen LogP contribution in [0.3, 0.4) is 0 Å². The monoisotopic (exact) mass is 440 g/mol. The lowest BCUT2D eigenvalue weighted by molar-refractivity contribution is 0.0572. The Kier molecular flexibility index (Phi) is 5.98. The second-order valence-corrected chi connectivity index (χ2v) is 8.16. The van der Waals surface area contributed by atoms with Gasteiger partial charge < -0.3 is 9.64 Å². The van der Waals surface area contributed by atoms with E-state index in [0.29, 0.717) is 53.5 Å². The molecule has 8 heteroatoms. The molecule has 3 aromatic rings. The summed E-state index contributed by atoms with van der Waals surface area (Å²) in [4.78, 5) is 34.4. The number of hydrogen-bond acceptors (Lipinski definition) is 5. The molecule has 0 spiro atoms. The van der Waals surface area contributed by atoms with Crippen LogP contribution in [0.4, 0.5) is 0 Å². The average molecular weight is 441 g/mol. The number of benzene rings is 2. The molecule has 1 amide bonds. The molecule has 1 aromatic heterocycles. The van der Waals surface area contributed by atoms with E-state index in [9.17, 15) is 9.59 Å². The van der Waals surface area contributed by atoms with E-state index in [1.807, 2.05) is 11.8 Å².